The normalized spacial score (nSPS) is 25.2. The Bertz CT molecular complexity index is 417. The minimum atomic E-state index is -0.226. The summed E-state index contributed by atoms with van der Waals surface area (Å²) in [7, 11) is 0. The SMILES string of the molecule is Cc1ccccc1C(C(C)N)N1CCC(C(C)O)C1. The molecule has 1 aliphatic rings. The number of aliphatic hydroxyl groups is 1. The molecule has 1 aromatic carbocycles. The molecule has 0 saturated carbocycles. The van der Waals surface area contributed by atoms with Crippen LogP contribution in [0.25, 0.3) is 0 Å². The van der Waals surface area contributed by atoms with Gasteiger partial charge in [-0.2, -0.15) is 0 Å². The first-order chi connectivity index (χ1) is 9.00. The van der Waals surface area contributed by atoms with Crippen molar-refractivity contribution in [3.05, 3.63) is 35.4 Å². The first-order valence-electron chi connectivity index (χ1n) is 7.24. The number of nitrogens with two attached hydrogens (primary N) is 1. The quantitative estimate of drug-likeness (QED) is 0.873. The fraction of sp³-hybridized carbons (Fsp3) is 0.625. The summed E-state index contributed by atoms with van der Waals surface area (Å²) in [5.41, 5.74) is 8.85. The van der Waals surface area contributed by atoms with Crippen molar-refractivity contribution in [2.45, 2.75) is 45.4 Å². The Labute approximate surface area is 116 Å². The van der Waals surface area contributed by atoms with E-state index in [1.165, 1.54) is 11.1 Å². The number of likely N-dealkylation sites (tertiary alicyclic amines) is 1. The Morgan fingerprint density at radius 1 is 1.32 bits per heavy atom. The van der Waals surface area contributed by atoms with Gasteiger partial charge in [-0.15, -0.1) is 0 Å². The number of aryl methyl sites for hydroxylation is 1. The molecule has 2 rings (SSSR count). The summed E-state index contributed by atoms with van der Waals surface area (Å²) in [6.45, 7) is 8.08. The van der Waals surface area contributed by atoms with Crippen molar-refractivity contribution >= 4 is 0 Å². The van der Waals surface area contributed by atoms with Crippen molar-refractivity contribution in [1.82, 2.24) is 4.90 Å². The molecule has 1 aromatic rings. The van der Waals surface area contributed by atoms with Crippen LogP contribution >= 0.6 is 0 Å². The van der Waals surface area contributed by atoms with Gasteiger partial charge < -0.3 is 10.8 Å². The topological polar surface area (TPSA) is 49.5 Å². The van der Waals surface area contributed by atoms with Crippen molar-refractivity contribution in [2.24, 2.45) is 11.7 Å². The molecule has 0 spiro atoms. The number of aliphatic hydroxyl groups excluding tert-OH is 1. The maximum atomic E-state index is 9.76. The summed E-state index contributed by atoms with van der Waals surface area (Å²) in [6.07, 6.45) is 0.836. The van der Waals surface area contributed by atoms with Gasteiger partial charge in [0.05, 0.1) is 6.10 Å². The van der Waals surface area contributed by atoms with Gasteiger partial charge in [-0.05, 0) is 50.8 Å². The van der Waals surface area contributed by atoms with Gasteiger partial charge in [0.15, 0.2) is 0 Å². The van der Waals surface area contributed by atoms with Crippen molar-refractivity contribution < 1.29 is 5.11 Å². The van der Waals surface area contributed by atoms with Gasteiger partial charge in [0, 0.05) is 18.6 Å². The van der Waals surface area contributed by atoms with Gasteiger partial charge in [0.2, 0.25) is 0 Å². The molecule has 19 heavy (non-hydrogen) atoms. The van der Waals surface area contributed by atoms with E-state index in [1.807, 2.05) is 6.92 Å². The van der Waals surface area contributed by atoms with Crippen LogP contribution in [-0.2, 0) is 0 Å². The second-order valence-corrected chi connectivity index (χ2v) is 5.94. The monoisotopic (exact) mass is 262 g/mol. The molecule has 1 aliphatic heterocycles. The Morgan fingerprint density at radius 2 is 2.00 bits per heavy atom. The Balaban J connectivity index is 2.21. The van der Waals surface area contributed by atoms with Crippen LogP contribution in [0.5, 0.6) is 0 Å². The highest BCUT2D eigenvalue weighted by Crippen LogP contribution is 2.32. The third-order valence-corrected chi connectivity index (χ3v) is 4.34. The summed E-state index contributed by atoms with van der Waals surface area (Å²) in [6, 6.07) is 8.82. The van der Waals surface area contributed by atoms with Crippen LogP contribution in [0.15, 0.2) is 24.3 Å². The standard InChI is InChI=1S/C16H26N2O/c1-11-6-4-5-7-15(11)16(12(2)17)18-9-8-14(10-18)13(3)19/h4-7,12-14,16,19H,8-10,17H2,1-3H3. The largest absolute Gasteiger partial charge is 0.393 e. The lowest BCUT2D eigenvalue weighted by atomic mass is 9.95. The minimum absolute atomic E-state index is 0.0915. The highest BCUT2D eigenvalue weighted by Gasteiger charge is 2.33. The molecule has 4 atom stereocenters. The Morgan fingerprint density at radius 3 is 2.53 bits per heavy atom. The van der Waals surface area contributed by atoms with E-state index in [1.54, 1.807) is 0 Å². The summed E-state index contributed by atoms with van der Waals surface area (Å²) in [4.78, 5) is 2.43. The minimum Gasteiger partial charge on any atom is -0.393 e. The van der Waals surface area contributed by atoms with Crippen LogP contribution in [0, 0.1) is 12.8 Å². The van der Waals surface area contributed by atoms with E-state index in [2.05, 4.69) is 43.0 Å². The van der Waals surface area contributed by atoms with Crippen LogP contribution in [0.1, 0.15) is 37.4 Å². The molecule has 0 radical (unpaired) electrons. The number of nitrogens with zero attached hydrogens (tertiary/aromatic N) is 1. The third-order valence-electron chi connectivity index (χ3n) is 4.34. The molecule has 3 nitrogen and oxygen atoms in total. The van der Waals surface area contributed by atoms with Gasteiger partial charge in [-0.25, -0.2) is 0 Å². The Kier molecular flexibility index (Phi) is 4.61. The fourth-order valence-electron chi connectivity index (χ4n) is 3.19. The van der Waals surface area contributed by atoms with E-state index < -0.39 is 0 Å². The van der Waals surface area contributed by atoms with E-state index in [9.17, 15) is 5.11 Å². The maximum absolute atomic E-state index is 9.76. The van der Waals surface area contributed by atoms with Crippen LogP contribution in [-0.4, -0.2) is 35.2 Å². The molecule has 0 amide bonds. The van der Waals surface area contributed by atoms with Crippen molar-refractivity contribution in [2.75, 3.05) is 13.1 Å². The predicted octanol–water partition coefficient (Wildman–Crippen LogP) is 2.09. The zero-order valence-corrected chi connectivity index (χ0v) is 12.2. The molecule has 4 unspecified atom stereocenters. The van der Waals surface area contributed by atoms with Gasteiger partial charge in [0.1, 0.15) is 0 Å². The third kappa shape index (κ3) is 3.16. The molecule has 0 bridgehead atoms. The highest BCUT2D eigenvalue weighted by molar-refractivity contribution is 5.30. The van der Waals surface area contributed by atoms with E-state index in [-0.39, 0.29) is 18.2 Å². The van der Waals surface area contributed by atoms with Gasteiger partial charge >= 0.3 is 0 Å². The van der Waals surface area contributed by atoms with Crippen molar-refractivity contribution in [1.29, 1.82) is 0 Å². The van der Waals surface area contributed by atoms with Gasteiger partial charge in [-0.1, -0.05) is 24.3 Å². The summed E-state index contributed by atoms with van der Waals surface area (Å²) >= 11 is 0. The molecule has 3 N–H and O–H groups in total. The second kappa shape index (κ2) is 6.04. The zero-order valence-electron chi connectivity index (χ0n) is 12.2. The molecule has 106 valence electrons. The molecule has 3 heteroatoms. The van der Waals surface area contributed by atoms with E-state index in [4.69, 9.17) is 5.73 Å². The van der Waals surface area contributed by atoms with Gasteiger partial charge in [0.25, 0.3) is 0 Å². The van der Waals surface area contributed by atoms with Crippen molar-refractivity contribution in [3.63, 3.8) is 0 Å². The van der Waals surface area contributed by atoms with Crippen LogP contribution < -0.4 is 5.73 Å². The maximum Gasteiger partial charge on any atom is 0.0552 e. The lowest BCUT2D eigenvalue weighted by Crippen LogP contribution is -2.39. The highest BCUT2D eigenvalue weighted by atomic mass is 16.3. The number of rotatable bonds is 4. The predicted molar refractivity (Wildman–Crippen MR) is 78.9 cm³/mol. The lowest BCUT2D eigenvalue weighted by Gasteiger charge is -2.32. The molecular weight excluding hydrogens is 236 g/mol. The van der Waals surface area contributed by atoms with Crippen molar-refractivity contribution in [3.8, 4) is 0 Å². The van der Waals surface area contributed by atoms with Crippen LogP contribution in [0.4, 0.5) is 0 Å². The molecular formula is C16H26N2O. The molecule has 1 heterocycles. The van der Waals surface area contributed by atoms with E-state index >= 15 is 0 Å². The fourth-order valence-corrected chi connectivity index (χ4v) is 3.19. The molecule has 0 aliphatic carbocycles. The van der Waals surface area contributed by atoms with Crippen LogP contribution in [0.2, 0.25) is 0 Å². The average molecular weight is 262 g/mol. The number of benzene rings is 1. The smallest absolute Gasteiger partial charge is 0.0552 e. The summed E-state index contributed by atoms with van der Waals surface area (Å²) in [5.74, 6) is 0.380. The first-order valence-corrected chi connectivity index (χ1v) is 7.24. The molecule has 1 fully saturated rings. The van der Waals surface area contributed by atoms with E-state index in [0.717, 1.165) is 19.5 Å². The van der Waals surface area contributed by atoms with E-state index in [0.29, 0.717) is 5.92 Å². The molecule has 0 aromatic heterocycles. The number of hydrogen-bond acceptors (Lipinski definition) is 3. The molecule has 1 saturated heterocycles. The first kappa shape index (κ1) is 14.5. The zero-order chi connectivity index (χ0) is 14.0. The second-order valence-electron chi connectivity index (χ2n) is 5.94. The lowest BCUT2D eigenvalue weighted by molar-refractivity contribution is 0.119. The average Bonchev–Trinajstić information content (AvgIpc) is 2.81. The van der Waals surface area contributed by atoms with Crippen LogP contribution in [0.3, 0.4) is 0 Å². The summed E-state index contributed by atoms with van der Waals surface area (Å²) in [5, 5.41) is 9.76. The van der Waals surface area contributed by atoms with Gasteiger partial charge in [-0.3, -0.25) is 4.90 Å². The Hall–Kier alpha value is -0.900. The number of hydrogen-bond donors (Lipinski definition) is 2. The summed E-state index contributed by atoms with van der Waals surface area (Å²) < 4.78 is 0.